The highest BCUT2D eigenvalue weighted by molar-refractivity contribution is 5.53. The molecule has 2 heterocycles. The lowest BCUT2D eigenvalue weighted by molar-refractivity contribution is 0.878. The summed E-state index contributed by atoms with van der Waals surface area (Å²) in [5, 5.41) is 4.42. The van der Waals surface area contributed by atoms with Gasteiger partial charge >= 0.3 is 0 Å². The molecule has 0 unspecified atom stereocenters. The van der Waals surface area contributed by atoms with Crippen molar-refractivity contribution in [2.45, 2.75) is 25.7 Å². The molecule has 3 rings (SSSR count). The molecular weight excluding hydrogens is 176 g/mol. The van der Waals surface area contributed by atoms with Gasteiger partial charge in [0.15, 0.2) is 11.5 Å². The summed E-state index contributed by atoms with van der Waals surface area (Å²) in [6.07, 6.45) is 4.28. The summed E-state index contributed by atoms with van der Waals surface area (Å²) in [7, 11) is 0. The Morgan fingerprint density at radius 2 is 2.29 bits per heavy atom. The summed E-state index contributed by atoms with van der Waals surface area (Å²) >= 11 is 0. The van der Waals surface area contributed by atoms with Crippen LogP contribution in [0.5, 0.6) is 0 Å². The van der Waals surface area contributed by atoms with Gasteiger partial charge in [-0.15, -0.1) is 0 Å². The highest BCUT2D eigenvalue weighted by Gasteiger charge is 2.28. The first-order valence-corrected chi connectivity index (χ1v) is 4.86. The van der Waals surface area contributed by atoms with Crippen LogP contribution in [0, 0.1) is 6.92 Å². The third-order valence-corrected chi connectivity index (χ3v) is 2.60. The first kappa shape index (κ1) is 7.79. The van der Waals surface area contributed by atoms with Crippen molar-refractivity contribution in [3.63, 3.8) is 0 Å². The molecule has 0 aliphatic heterocycles. The number of nitrogens with two attached hydrogens (primary N) is 1. The molecule has 14 heavy (non-hydrogen) atoms. The minimum atomic E-state index is 0.593. The van der Waals surface area contributed by atoms with Gasteiger partial charge in [0.25, 0.3) is 0 Å². The lowest BCUT2D eigenvalue weighted by Crippen LogP contribution is -1.94. The van der Waals surface area contributed by atoms with E-state index in [1.165, 1.54) is 12.8 Å². The van der Waals surface area contributed by atoms with Gasteiger partial charge in [0, 0.05) is 5.92 Å². The van der Waals surface area contributed by atoms with Crippen molar-refractivity contribution in [3.05, 3.63) is 23.7 Å². The lowest BCUT2D eigenvalue weighted by Gasteiger charge is -1.97. The van der Waals surface area contributed by atoms with E-state index in [2.05, 4.69) is 10.1 Å². The van der Waals surface area contributed by atoms with Crippen LogP contribution < -0.4 is 5.73 Å². The van der Waals surface area contributed by atoms with Crippen LogP contribution in [0.2, 0.25) is 0 Å². The lowest BCUT2D eigenvalue weighted by atomic mass is 10.3. The van der Waals surface area contributed by atoms with Gasteiger partial charge in [-0.1, -0.05) is 0 Å². The third-order valence-electron chi connectivity index (χ3n) is 2.60. The number of nitrogen functional groups attached to an aromatic ring is 1. The molecule has 2 aromatic rings. The number of aryl methyl sites for hydroxylation is 1. The van der Waals surface area contributed by atoms with E-state index in [-0.39, 0.29) is 0 Å². The summed E-state index contributed by atoms with van der Waals surface area (Å²) < 4.78 is 1.79. The molecule has 1 fully saturated rings. The smallest absolute Gasteiger partial charge is 0.158 e. The number of rotatable bonds is 1. The average Bonchev–Trinajstić information content (AvgIpc) is 2.87. The van der Waals surface area contributed by atoms with Crippen molar-refractivity contribution in [2.75, 3.05) is 5.73 Å². The van der Waals surface area contributed by atoms with Crippen molar-refractivity contribution in [3.8, 4) is 0 Å². The van der Waals surface area contributed by atoms with Crippen LogP contribution >= 0.6 is 0 Å². The Kier molecular flexibility index (Phi) is 1.37. The zero-order valence-corrected chi connectivity index (χ0v) is 8.07. The molecule has 0 bridgehead atoms. The second kappa shape index (κ2) is 2.47. The highest BCUT2D eigenvalue weighted by Crippen LogP contribution is 2.38. The standard InChI is InChI=1S/C10H12N4/c1-6-4-8(11)5-14-10(6)12-9(13-14)7-2-3-7/h4-5,7H,2-3,11H2,1H3. The zero-order chi connectivity index (χ0) is 9.71. The third kappa shape index (κ3) is 1.07. The van der Waals surface area contributed by atoms with E-state index >= 15 is 0 Å². The Hall–Kier alpha value is -1.58. The van der Waals surface area contributed by atoms with Gasteiger partial charge in [-0.25, -0.2) is 9.50 Å². The maximum atomic E-state index is 5.74. The van der Waals surface area contributed by atoms with Gasteiger partial charge in [0.1, 0.15) is 0 Å². The minimum Gasteiger partial charge on any atom is -0.397 e. The summed E-state index contributed by atoms with van der Waals surface area (Å²) in [5.74, 6) is 1.56. The Balaban J connectivity index is 2.26. The molecule has 0 aromatic carbocycles. The molecule has 4 nitrogen and oxygen atoms in total. The Labute approximate surface area is 81.8 Å². The molecule has 0 amide bonds. The molecule has 0 saturated heterocycles. The molecule has 1 aliphatic carbocycles. The van der Waals surface area contributed by atoms with Crippen LogP contribution in [-0.2, 0) is 0 Å². The molecule has 4 heteroatoms. The van der Waals surface area contributed by atoms with Gasteiger partial charge in [-0.3, -0.25) is 0 Å². The molecule has 72 valence electrons. The van der Waals surface area contributed by atoms with E-state index in [1.807, 2.05) is 19.2 Å². The normalized spacial score (nSPS) is 16.4. The molecular formula is C10H12N4. The largest absolute Gasteiger partial charge is 0.397 e. The van der Waals surface area contributed by atoms with Gasteiger partial charge in [-0.2, -0.15) is 5.10 Å². The average molecular weight is 188 g/mol. The molecule has 2 aromatic heterocycles. The molecule has 0 atom stereocenters. The summed E-state index contributed by atoms with van der Waals surface area (Å²) in [6.45, 7) is 2.01. The van der Waals surface area contributed by atoms with Crippen LogP contribution in [0.25, 0.3) is 5.65 Å². The number of nitrogens with zero attached hydrogens (tertiary/aromatic N) is 3. The monoisotopic (exact) mass is 188 g/mol. The first-order chi connectivity index (χ1) is 6.74. The molecule has 0 radical (unpaired) electrons. The van der Waals surface area contributed by atoms with E-state index in [4.69, 9.17) is 5.73 Å². The van der Waals surface area contributed by atoms with Crippen molar-refractivity contribution in [2.24, 2.45) is 0 Å². The number of anilines is 1. The van der Waals surface area contributed by atoms with Crippen LogP contribution in [0.15, 0.2) is 12.3 Å². The minimum absolute atomic E-state index is 0.593. The zero-order valence-electron chi connectivity index (χ0n) is 8.07. The van der Waals surface area contributed by atoms with E-state index in [0.717, 1.165) is 22.7 Å². The van der Waals surface area contributed by atoms with E-state index < -0.39 is 0 Å². The fraction of sp³-hybridized carbons (Fsp3) is 0.400. The molecule has 1 aliphatic rings. The van der Waals surface area contributed by atoms with Crippen molar-refractivity contribution in [1.82, 2.24) is 14.6 Å². The topological polar surface area (TPSA) is 56.2 Å². The van der Waals surface area contributed by atoms with Crippen LogP contribution in [0.3, 0.4) is 0 Å². The predicted octanol–water partition coefficient (Wildman–Crippen LogP) is 1.50. The van der Waals surface area contributed by atoms with Crippen molar-refractivity contribution >= 4 is 11.3 Å². The number of fused-ring (bicyclic) bond motifs is 1. The molecule has 2 N–H and O–H groups in total. The SMILES string of the molecule is Cc1cc(N)cn2nc(C3CC3)nc12. The molecule has 0 spiro atoms. The fourth-order valence-electron chi connectivity index (χ4n) is 1.71. The van der Waals surface area contributed by atoms with Gasteiger partial charge in [0.2, 0.25) is 0 Å². The predicted molar refractivity (Wildman–Crippen MR) is 54.1 cm³/mol. The quantitative estimate of drug-likeness (QED) is 0.737. The number of pyridine rings is 1. The van der Waals surface area contributed by atoms with E-state index in [0.29, 0.717) is 5.92 Å². The number of hydrogen-bond donors (Lipinski definition) is 1. The van der Waals surface area contributed by atoms with Crippen LogP contribution in [-0.4, -0.2) is 14.6 Å². The fourth-order valence-corrected chi connectivity index (χ4v) is 1.71. The Morgan fingerprint density at radius 1 is 1.50 bits per heavy atom. The highest BCUT2D eigenvalue weighted by atomic mass is 15.3. The summed E-state index contributed by atoms with van der Waals surface area (Å²) in [4.78, 5) is 4.51. The van der Waals surface area contributed by atoms with E-state index in [9.17, 15) is 0 Å². The summed E-state index contributed by atoms with van der Waals surface area (Å²) in [6, 6.07) is 1.93. The van der Waals surface area contributed by atoms with Crippen LogP contribution in [0.4, 0.5) is 5.69 Å². The van der Waals surface area contributed by atoms with Crippen molar-refractivity contribution < 1.29 is 0 Å². The van der Waals surface area contributed by atoms with Gasteiger partial charge in [0.05, 0.1) is 11.9 Å². The van der Waals surface area contributed by atoms with Gasteiger partial charge < -0.3 is 5.73 Å². The number of hydrogen-bond acceptors (Lipinski definition) is 3. The number of aromatic nitrogens is 3. The van der Waals surface area contributed by atoms with Crippen molar-refractivity contribution in [1.29, 1.82) is 0 Å². The second-order valence-corrected chi connectivity index (χ2v) is 3.97. The maximum Gasteiger partial charge on any atom is 0.158 e. The first-order valence-electron chi connectivity index (χ1n) is 4.86. The Morgan fingerprint density at radius 3 is 3.00 bits per heavy atom. The van der Waals surface area contributed by atoms with Crippen LogP contribution in [0.1, 0.15) is 30.1 Å². The van der Waals surface area contributed by atoms with E-state index in [1.54, 1.807) is 4.52 Å². The Bertz CT molecular complexity index is 496. The van der Waals surface area contributed by atoms with Gasteiger partial charge in [-0.05, 0) is 31.4 Å². The summed E-state index contributed by atoms with van der Waals surface area (Å²) in [5.41, 5.74) is 8.49. The molecule has 1 saturated carbocycles. The maximum absolute atomic E-state index is 5.74. The second-order valence-electron chi connectivity index (χ2n) is 3.97.